The quantitative estimate of drug-likeness (QED) is 0.0791. The number of benzene rings is 1. The zero-order valence-electron chi connectivity index (χ0n) is 23.6. The molecule has 0 aromatic heterocycles. The number of ether oxygens (including phenoxy) is 3. The zero-order chi connectivity index (χ0) is 31.5. The highest BCUT2D eigenvalue weighted by Crippen LogP contribution is 2.31. The second kappa shape index (κ2) is 16.1. The number of hydrogen-bond acceptors (Lipinski definition) is 12. The molecule has 43 heavy (non-hydrogen) atoms. The van der Waals surface area contributed by atoms with Gasteiger partial charge in [-0.2, -0.15) is 0 Å². The van der Waals surface area contributed by atoms with E-state index in [1.807, 2.05) is 0 Å². The van der Waals surface area contributed by atoms with Crippen molar-refractivity contribution in [1.29, 1.82) is 0 Å². The summed E-state index contributed by atoms with van der Waals surface area (Å²) in [5, 5.41) is 45.1. The first-order valence-electron chi connectivity index (χ1n) is 13.8. The fourth-order valence-corrected chi connectivity index (χ4v) is 4.34. The molecule has 1 aromatic rings. The van der Waals surface area contributed by atoms with E-state index in [1.54, 1.807) is 0 Å². The number of nitrogens with one attached hydrogen (secondary N) is 2. The lowest BCUT2D eigenvalue weighted by atomic mass is 9.99. The summed E-state index contributed by atoms with van der Waals surface area (Å²) in [5.74, 6) is -1.96. The standard InChI is InChI=1S/C28H37N3O12/c1-16(33)41-15-17-6-7-19(42-28-27(40)26(39)25(38)20(14-32)43-28)18(13-17)30-22(35)10-11-29-21(34)5-3-2-4-12-31-23(36)8-9-24(31)37/h6-9,13,20,25-28,32,38-40H,2-5,10-12,14-15H2,1H3,(H,29,34)(H,30,35)/t20-,25+,26+,27-,28-/m1/s1. The van der Waals surface area contributed by atoms with Gasteiger partial charge in [0.15, 0.2) is 0 Å². The topological polar surface area (TPSA) is 221 Å². The van der Waals surface area contributed by atoms with Crippen LogP contribution in [0.2, 0.25) is 0 Å². The van der Waals surface area contributed by atoms with Crippen LogP contribution in [0.4, 0.5) is 5.69 Å². The molecule has 4 amide bonds. The predicted molar refractivity (Wildman–Crippen MR) is 147 cm³/mol. The average Bonchev–Trinajstić information content (AvgIpc) is 3.29. The molecule has 0 spiro atoms. The number of nitrogens with zero attached hydrogens (tertiary/aromatic N) is 1. The molecule has 0 bridgehead atoms. The molecular weight excluding hydrogens is 570 g/mol. The van der Waals surface area contributed by atoms with Crippen molar-refractivity contribution in [3.8, 4) is 5.75 Å². The van der Waals surface area contributed by atoms with Crippen molar-refractivity contribution in [3.63, 3.8) is 0 Å². The largest absolute Gasteiger partial charge is 0.461 e. The van der Waals surface area contributed by atoms with Gasteiger partial charge in [0, 0.05) is 45.0 Å². The van der Waals surface area contributed by atoms with Crippen molar-refractivity contribution in [3.05, 3.63) is 35.9 Å². The molecule has 1 fully saturated rings. The summed E-state index contributed by atoms with van der Waals surface area (Å²) in [6.45, 7) is 0.805. The van der Waals surface area contributed by atoms with Gasteiger partial charge in [0.25, 0.3) is 11.8 Å². The Morgan fingerprint density at radius 2 is 1.67 bits per heavy atom. The molecular formula is C28H37N3O12. The van der Waals surface area contributed by atoms with Crippen LogP contribution >= 0.6 is 0 Å². The summed E-state index contributed by atoms with van der Waals surface area (Å²) in [4.78, 5) is 60.3. The molecule has 2 aliphatic heterocycles. The van der Waals surface area contributed by atoms with Gasteiger partial charge in [-0.3, -0.25) is 28.9 Å². The Labute approximate surface area is 247 Å². The van der Waals surface area contributed by atoms with Crippen molar-refractivity contribution in [2.24, 2.45) is 0 Å². The van der Waals surface area contributed by atoms with E-state index in [-0.39, 0.29) is 61.7 Å². The Balaban J connectivity index is 1.50. The summed E-state index contributed by atoms with van der Waals surface area (Å²) in [7, 11) is 0. The summed E-state index contributed by atoms with van der Waals surface area (Å²) >= 11 is 0. The molecule has 6 N–H and O–H groups in total. The predicted octanol–water partition coefficient (Wildman–Crippen LogP) is -1.14. The van der Waals surface area contributed by atoms with Crippen LogP contribution < -0.4 is 15.4 Å². The highest BCUT2D eigenvalue weighted by molar-refractivity contribution is 6.12. The first-order valence-corrected chi connectivity index (χ1v) is 13.8. The Morgan fingerprint density at radius 1 is 0.953 bits per heavy atom. The number of carbonyl (C=O) groups is 5. The normalized spacial score (nSPS) is 23.3. The van der Waals surface area contributed by atoms with Crippen LogP contribution in [0.15, 0.2) is 30.4 Å². The molecule has 1 saturated heterocycles. The van der Waals surface area contributed by atoms with Gasteiger partial charge in [-0.05, 0) is 30.5 Å². The van der Waals surface area contributed by atoms with Gasteiger partial charge in [0.1, 0.15) is 36.8 Å². The lowest BCUT2D eigenvalue weighted by Crippen LogP contribution is -2.60. The van der Waals surface area contributed by atoms with Gasteiger partial charge >= 0.3 is 5.97 Å². The minimum Gasteiger partial charge on any atom is -0.461 e. The number of amides is 4. The van der Waals surface area contributed by atoms with Gasteiger partial charge < -0.3 is 45.3 Å². The number of aliphatic hydroxyl groups excluding tert-OH is 4. The van der Waals surface area contributed by atoms with Crippen molar-refractivity contribution < 1.29 is 58.6 Å². The van der Waals surface area contributed by atoms with E-state index in [1.165, 1.54) is 37.3 Å². The molecule has 0 radical (unpaired) electrons. The van der Waals surface area contributed by atoms with Gasteiger partial charge in [0.2, 0.25) is 18.1 Å². The molecule has 2 aliphatic rings. The molecule has 5 atom stereocenters. The van der Waals surface area contributed by atoms with Crippen molar-refractivity contribution in [2.45, 2.75) is 76.3 Å². The molecule has 0 aliphatic carbocycles. The number of rotatable bonds is 15. The summed E-state index contributed by atoms with van der Waals surface area (Å²) in [6, 6.07) is 4.43. The number of carbonyl (C=O) groups excluding carboxylic acids is 5. The summed E-state index contributed by atoms with van der Waals surface area (Å²) in [5.41, 5.74) is 0.609. The lowest BCUT2D eigenvalue weighted by Gasteiger charge is -2.39. The SMILES string of the molecule is CC(=O)OCc1ccc(O[C@@H]2O[C@H](CO)[C@H](O)[C@H](O)[C@H]2O)c(NC(=O)CCNC(=O)CCCCCN2C(=O)C=CC2=O)c1. The molecule has 0 saturated carbocycles. The van der Waals surface area contributed by atoms with E-state index >= 15 is 0 Å². The third kappa shape index (κ3) is 9.83. The molecule has 15 heteroatoms. The number of aliphatic hydroxyl groups is 4. The maximum absolute atomic E-state index is 12.7. The fourth-order valence-electron chi connectivity index (χ4n) is 4.34. The first kappa shape index (κ1) is 33.6. The van der Waals surface area contributed by atoms with Crippen LogP contribution in [0.25, 0.3) is 0 Å². The van der Waals surface area contributed by atoms with Crippen LogP contribution in [0.1, 0.15) is 44.6 Å². The molecule has 15 nitrogen and oxygen atoms in total. The van der Waals surface area contributed by atoms with Crippen LogP contribution in [0.3, 0.4) is 0 Å². The summed E-state index contributed by atoms with van der Waals surface area (Å²) < 4.78 is 16.1. The average molecular weight is 608 g/mol. The zero-order valence-corrected chi connectivity index (χ0v) is 23.6. The van der Waals surface area contributed by atoms with Crippen LogP contribution in [0, 0.1) is 0 Å². The Morgan fingerprint density at radius 3 is 2.35 bits per heavy atom. The van der Waals surface area contributed by atoms with Crippen molar-refractivity contribution in [2.75, 3.05) is 25.0 Å². The van der Waals surface area contributed by atoms with Crippen molar-refractivity contribution >= 4 is 35.3 Å². The highest BCUT2D eigenvalue weighted by atomic mass is 16.7. The second-order valence-corrected chi connectivity index (χ2v) is 10.0. The third-order valence-electron chi connectivity index (χ3n) is 6.71. The van der Waals surface area contributed by atoms with Gasteiger partial charge in [-0.1, -0.05) is 12.5 Å². The Kier molecular flexibility index (Phi) is 12.6. The van der Waals surface area contributed by atoms with E-state index in [4.69, 9.17) is 14.2 Å². The van der Waals surface area contributed by atoms with Gasteiger partial charge in [0.05, 0.1) is 12.3 Å². The van der Waals surface area contributed by atoms with Gasteiger partial charge in [-0.25, -0.2) is 0 Å². The minimum atomic E-state index is -1.68. The van der Waals surface area contributed by atoms with E-state index in [0.29, 0.717) is 24.8 Å². The van der Waals surface area contributed by atoms with Gasteiger partial charge in [-0.15, -0.1) is 0 Å². The molecule has 3 rings (SSSR count). The maximum Gasteiger partial charge on any atom is 0.302 e. The smallest absolute Gasteiger partial charge is 0.302 e. The fraction of sp³-hybridized carbons (Fsp3) is 0.536. The maximum atomic E-state index is 12.7. The summed E-state index contributed by atoms with van der Waals surface area (Å²) in [6.07, 6.45) is -3.36. The molecule has 236 valence electrons. The van der Waals surface area contributed by atoms with Crippen molar-refractivity contribution in [1.82, 2.24) is 10.2 Å². The Hall–Kier alpha value is -3.89. The second-order valence-electron chi connectivity index (χ2n) is 10.0. The number of anilines is 1. The number of unbranched alkanes of at least 4 members (excludes halogenated alkanes) is 2. The highest BCUT2D eigenvalue weighted by Gasteiger charge is 2.45. The Bertz CT molecular complexity index is 1190. The lowest BCUT2D eigenvalue weighted by molar-refractivity contribution is -0.277. The van der Waals surface area contributed by atoms with Crippen LogP contribution in [-0.2, 0) is 40.1 Å². The molecule has 0 unspecified atom stereocenters. The third-order valence-corrected chi connectivity index (χ3v) is 6.71. The number of hydrogen-bond donors (Lipinski definition) is 6. The van der Waals surface area contributed by atoms with E-state index in [0.717, 1.165) is 4.90 Å². The monoisotopic (exact) mass is 607 g/mol. The van der Waals surface area contributed by atoms with E-state index in [9.17, 15) is 44.4 Å². The van der Waals surface area contributed by atoms with E-state index < -0.39 is 49.2 Å². The molecule has 1 aromatic carbocycles. The minimum absolute atomic E-state index is 0.0152. The van der Waals surface area contributed by atoms with Crippen LogP contribution in [0.5, 0.6) is 5.75 Å². The van der Waals surface area contributed by atoms with E-state index in [2.05, 4.69) is 10.6 Å². The number of esters is 1. The first-order chi connectivity index (χ1) is 20.5. The molecule has 2 heterocycles. The van der Waals surface area contributed by atoms with Crippen LogP contribution in [-0.4, -0.2) is 105 Å². The number of imide groups is 1.